The molecule has 0 saturated heterocycles. The van der Waals surface area contributed by atoms with Crippen LogP contribution in [0.3, 0.4) is 0 Å². The van der Waals surface area contributed by atoms with Crippen LogP contribution in [0.1, 0.15) is 31.4 Å². The molecule has 0 amide bonds. The van der Waals surface area contributed by atoms with Crippen molar-refractivity contribution in [1.29, 1.82) is 0 Å². The van der Waals surface area contributed by atoms with E-state index in [0.29, 0.717) is 12.2 Å². The van der Waals surface area contributed by atoms with Crippen molar-refractivity contribution in [3.05, 3.63) is 23.9 Å². The first kappa shape index (κ1) is 16.7. The minimum absolute atomic E-state index is 0.00915. The van der Waals surface area contributed by atoms with E-state index < -0.39 is 12.8 Å². The summed E-state index contributed by atoms with van der Waals surface area (Å²) in [6.07, 6.45) is -1.39. The Balaban J connectivity index is 2.55. The van der Waals surface area contributed by atoms with E-state index in [1.54, 1.807) is 12.3 Å². The lowest BCUT2D eigenvalue weighted by Gasteiger charge is -2.20. The maximum atomic E-state index is 12.0. The molecule has 1 heterocycles. The molecule has 0 bridgehead atoms. The van der Waals surface area contributed by atoms with E-state index in [1.165, 1.54) is 0 Å². The Hall–Kier alpha value is -1.34. The van der Waals surface area contributed by atoms with E-state index in [2.05, 4.69) is 15.0 Å². The fourth-order valence-corrected chi connectivity index (χ4v) is 1.80. The number of nitrogens with one attached hydrogen (secondary N) is 1. The second-order valence-electron chi connectivity index (χ2n) is 4.44. The average molecular weight is 291 g/mol. The van der Waals surface area contributed by atoms with Gasteiger partial charge in [-0.05, 0) is 25.5 Å². The highest BCUT2D eigenvalue weighted by atomic mass is 19.4. The number of anilines is 1. The van der Waals surface area contributed by atoms with Crippen molar-refractivity contribution in [2.75, 3.05) is 25.5 Å². The minimum Gasteiger partial charge on any atom is -0.383 e. The smallest absolute Gasteiger partial charge is 0.383 e. The molecule has 114 valence electrons. The van der Waals surface area contributed by atoms with Crippen LogP contribution in [0.2, 0.25) is 0 Å². The Labute approximate surface area is 116 Å². The van der Waals surface area contributed by atoms with Gasteiger partial charge in [-0.25, -0.2) is 4.98 Å². The van der Waals surface area contributed by atoms with E-state index >= 15 is 0 Å². The molecular weight excluding hydrogens is 271 g/mol. The molecule has 3 N–H and O–H groups in total. The molecule has 1 atom stereocenters. The topological polar surface area (TPSA) is 60.2 Å². The molecule has 0 aliphatic rings. The standard InChI is InChI=1S/C13H20F3N3O/c1-2-6-18-11(5-8-20-9-13(14,15)16)10-4-3-7-19-12(10)17/h3-4,7,11,18H,2,5-6,8-9H2,1H3,(H2,17,19). The number of alkyl halides is 3. The van der Waals surface area contributed by atoms with Crippen molar-refractivity contribution in [1.82, 2.24) is 10.3 Å². The summed E-state index contributed by atoms with van der Waals surface area (Å²) in [5, 5.41) is 3.24. The molecule has 20 heavy (non-hydrogen) atoms. The van der Waals surface area contributed by atoms with Crippen molar-refractivity contribution >= 4 is 5.82 Å². The first-order chi connectivity index (χ1) is 9.44. The minimum atomic E-state index is -4.29. The van der Waals surface area contributed by atoms with Crippen molar-refractivity contribution in [3.8, 4) is 0 Å². The maximum absolute atomic E-state index is 12.0. The lowest BCUT2D eigenvalue weighted by Crippen LogP contribution is -2.25. The third-order valence-corrected chi connectivity index (χ3v) is 2.70. The Morgan fingerprint density at radius 1 is 1.45 bits per heavy atom. The Morgan fingerprint density at radius 3 is 2.80 bits per heavy atom. The van der Waals surface area contributed by atoms with Crippen LogP contribution in [0.15, 0.2) is 18.3 Å². The van der Waals surface area contributed by atoms with Gasteiger partial charge in [0.1, 0.15) is 12.4 Å². The summed E-state index contributed by atoms with van der Waals surface area (Å²) in [6.45, 7) is 1.54. The zero-order valence-corrected chi connectivity index (χ0v) is 11.4. The molecule has 0 aromatic carbocycles. The molecule has 0 radical (unpaired) electrons. The van der Waals surface area contributed by atoms with E-state index in [-0.39, 0.29) is 12.6 Å². The summed E-state index contributed by atoms with van der Waals surface area (Å²) < 4.78 is 40.6. The average Bonchev–Trinajstić information content (AvgIpc) is 2.38. The highest BCUT2D eigenvalue weighted by Gasteiger charge is 2.27. The summed E-state index contributed by atoms with van der Waals surface area (Å²) >= 11 is 0. The first-order valence-electron chi connectivity index (χ1n) is 6.52. The number of rotatable bonds is 8. The van der Waals surface area contributed by atoms with Gasteiger partial charge in [-0.15, -0.1) is 0 Å². The van der Waals surface area contributed by atoms with Crippen LogP contribution in [0, 0.1) is 0 Å². The van der Waals surface area contributed by atoms with Crippen molar-refractivity contribution in [2.24, 2.45) is 0 Å². The van der Waals surface area contributed by atoms with Crippen LogP contribution in [-0.2, 0) is 4.74 Å². The van der Waals surface area contributed by atoms with Crippen molar-refractivity contribution in [3.63, 3.8) is 0 Å². The van der Waals surface area contributed by atoms with E-state index in [1.807, 2.05) is 13.0 Å². The number of nitrogens with two attached hydrogens (primary N) is 1. The van der Waals surface area contributed by atoms with Gasteiger partial charge in [-0.1, -0.05) is 13.0 Å². The molecular formula is C13H20F3N3O. The van der Waals surface area contributed by atoms with Gasteiger partial charge in [0.15, 0.2) is 0 Å². The van der Waals surface area contributed by atoms with E-state index in [9.17, 15) is 13.2 Å². The van der Waals surface area contributed by atoms with Crippen LogP contribution in [-0.4, -0.2) is 30.9 Å². The summed E-state index contributed by atoms with van der Waals surface area (Å²) in [6, 6.07) is 3.42. The molecule has 4 nitrogen and oxygen atoms in total. The summed E-state index contributed by atoms with van der Waals surface area (Å²) in [4.78, 5) is 3.99. The predicted molar refractivity (Wildman–Crippen MR) is 71.2 cm³/mol. The molecule has 0 aliphatic heterocycles. The maximum Gasteiger partial charge on any atom is 0.411 e. The molecule has 1 unspecified atom stereocenters. The molecule has 0 spiro atoms. The predicted octanol–water partition coefficient (Wildman–Crippen LogP) is 2.67. The SMILES string of the molecule is CCCNC(CCOCC(F)(F)F)c1cccnc1N. The van der Waals surface area contributed by atoms with Gasteiger partial charge in [0.05, 0.1) is 0 Å². The number of nitrogens with zero attached hydrogens (tertiary/aromatic N) is 1. The molecule has 0 saturated carbocycles. The van der Waals surface area contributed by atoms with E-state index in [0.717, 1.165) is 18.5 Å². The number of hydrogen-bond donors (Lipinski definition) is 2. The molecule has 1 aromatic heterocycles. The van der Waals surface area contributed by atoms with Gasteiger partial charge >= 0.3 is 6.18 Å². The van der Waals surface area contributed by atoms with Crippen LogP contribution in [0.4, 0.5) is 19.0 Å². The highest BCUT2D eigenvalue weighted by Crippen LogP contribution is 2.22. The normalized spacial score (nSPS) is 13.4. The van der Waals surface area contributed by atoms with Crippen molar-refractivity contribution in [2.45, 2.75) is 32.0 Å². The van der Waals surface area contributed by atoms with E-state index in [4.69, 9.17) is 5.73 Å². The number of ether oxygens (including phenoxy) is 1. The third kappa shape index (κ3) is 6.21. The Morgan fingerprint density at radius 2 is 2.20 bits per heavy atom. The zero-order chi connectivity index (χ0) is 15.0. The molecule has 1 aromatic rings. The molecule has 0 fully saturated rings. The number of aromatic nitrogens is 1. The summed E-state index contributed by atoms with van der Waals surface area (Å²) in [5.41, 5.74) is 6.58. The van der Waals surface area contributed by atoms with Crippen LogP contribution in [0.25, 0.3) is 0 Å². The van der Waals surface area contributed by atoms with Gasteiger partial charge in [0.25, 0.3) is 0 Å². The fraction of sp³-hybridized carbons (Fsp3) is 0.615. The molecule has 1 rings (SSSR count). The monoisotopic (exact) mass is 291 g/mol. The number of nitrogen functional groups attached to an aromatic ring is 1. The quantitative estimate of drug-likeness (QED) is 0.723. The van der Waals surface area contributed by atoms with Crippen LogP contribution in [0.5, 0.6) is 0 Å². The highest BCUT2D eigenvalue weighted by molar-refractivity contribution is 5.40. The van der Waals surface area contributed by atoms with Gasteiger partial charge in [0, 0.05) is 24.4 Å². The second kappa shape index (κ2) is 8.06. The van der Waals surface area contributed by atoms with Gasteiger partial charge in [-0.3, -0.25) is 0 Å². The zero-order valence-electron chi connectivity index (χ0n) is 11.4. The summed E-state index contributed by atoms with van der Waals surface area (Å²) in [7, 11) is 0. The van der Waals surface area contributed by atoms with Gasteiger partial charge in [0.2, 0.25) is 0 Å². The third-order valence-electron chi connectivity index (χ3n) is 2.70. The lowest BCUT2D eigenvalue weighted by atomic mass is 10.0. The lowest BCUT2D eigenvalue weighted by molar-refractivity contribution is -0.174. The summed E-state index contributed by atoms with van der Waals surface area (Å²) in [5.74, 6) is 0.386. The Kier molecular flexibility index (Phi) is 6.74. The number of pyridine rings is 1. The van der Waals surface area contributed by atoms with Crippen LogP contribution >= 0.6 is 0 Å². The fourth-order valence-electron chi connectivity index (χ4n) is 1.80. The van der Waals surface area contributed by atoms with Gasteiger partial charge < -0.3 is 15.8 Å². The first-order valence-corrected chi connectivity index (χ1v) is 6.52. The molecule has 7 heteroatoms. The van der Waals surface area contributed by atoms with Crippen molar-refractivity contribution < 1.29 is 17.9 Å². The Bertz CT molecular complexity index is 399. The van der Waals surface area contributed by atoms with Gasteiger partial charge in [-0.2, -0.15) is 13.2 Å². The molecule has 0 aliphatic carbocycles. The number of halogens is 3. The largest absolute Gasteiger partial charge is 0.411 e. The van der Waals surface area contributed by atoms with Crippen LogP contribution < -0.4 is 11.1 Å². The second-order valence-corrected chi connectivity index (χ2v) is 4.44. The number of hydrogen-bond acceptors (Lipinski definition) is 4.